The zero-order chi connectivity index (χ0) is 26.8. The Kier molecular flexibility index (Phi) is 11.7. The van der Waals surface area contributed by atoms with Crippen molar-refractivity contribution < 1.29 is 23.9 Å². The minimum atomic E-state index is -1.09. The first-order valence-electron chi connectivity index (χ1n) is 12.2. The minimum absolute atomic E-state index is 0.0115. The fourth-order valence-electron chi connectivity index (χ4n) is 3.47. The molecule has 2 atom stereocenters. The van der Waals surface area contributed by atoms with Gasteiger partial charge in [0.25, 0.3) is 0 Å². The number of nitrogens with zero attached hydrogens (tertiary/aromatic N) is 1. The Bertz CT molecular complexity index is 861. The Balaban J connectivity index is 3.44. The second-order valence-electron chi connectivity index (χ2n) is 10.1. The summed E-state index contributed by atoms with van der Waals surface area (Å²) in [5, 5.41) is 5.50. The molecule has 9 nitrogen and oxygen atoms in total. The van der Waals surface area contributed by atoms with Gasteiger partial charge in [-0.1, -0.05) is 43.2 Å². The molecule has 0 heterocycles. The van der Waals surface area contributed by atoms with Gasteiger partial charge in [-0.25, -0.2) is 4.79 Å². The number of hydrogen-bond acceptors (Lipinski definition) is 5. The summed E-state index contributed by atoms with van der Waals surface area (Å²) in [5.41, 5.74) is 6.23. The predicted octanol–water partition coefficient (Wildman–Crippen LogP) is 3.35. The molecule has 0 aliphatic carbocycles. The quantitative estimate of drug-likeness (QED) is 0.414. The van der Waals surface area contributed by atoms with Crippen LogP contribution in [0.2, 0.25) is 0 Å². The van der Waals surface area contributed by atoms with E-state index < -0.39 is 35.6 Å². The van der Waals surface area contributed by atoms with Gasteiger partial charge in [0.2, 0.25) is 17.7 Å². The molecule has 9 heteroatoms. The van der Waals surface area contributed by atoms with E-state index in [0.29, 0.717) is 18.5 Å². The Morgan fingerprint density at radius 1 is 1.06 bits per heavy atom. The number of alkyl carbamates (subject to hydrolysis) is 1. The first-order valence-corrected chi connectivity index (χ1v) is 12.2. The summed E-state index contributed by atoms with van der Waals surface area (Å²) in [6.07, 6.45) is 0.540. The summed E-state index contributed by atoms with van der Waals surface area (Å²) in [4.78, 5) is 52.7. The normalized spacial score (nSPS) is 13.0. The molecule has 0 spiro atoms. The number of carbonyl (C=O) groups is 4. The monoisotopic (exact) mass is 490 g/mol. The molecule has 1 aromatic carbocycles. The third-order valence-corrected chi connectivity index (χ3v) is 5.09. The standard InChI is InChI=1S/C26H42N4O5/c1-8-9-16-30(22(23(32)28-17(2)3)19-12-10-18(4)11-13-19)24(33)20(14-15-21(27)31)29-25(34)35-26(5,6)7/h10-13,17,20,22H,8-9,14-16H2,1-7H3,(H2,27,31)(H,28,32)(H,29,34). The molecular weight excluding hydrogens is 448 g/mol. The lowest BCUT2D eigenvalue weighted by Crippen LogP contribution is -2.53. The van der Waals surface area contributed by atoms with Gasteiger partial charge >= 0.3 is 6.09 Å². The maximum Gasteiger partial charge on any atom is 0.408 e. The van der Waals surface area contributed by atoms with Crippen LogP contribution in [-0.2, 0) is 19.1 Å². The predicted molar refractivity (Wildman–Crippen MR) is 135 cm³/mol. The molecular formula is C26H42N4O5. The highest BCUT2D eigenvalue weighted by atomic mass is 16.6. The van der Waals surface area contributed by atoms with Crippen molar-refractivity contribution in [3.63, 3.8) is 0 Å². The number of rotatable bonds is 12. The van der Waals surface area contributed by atoms with Gasteiger partial charge in [0.1, 0.15) is 17.7 Å². The highest BCUT2D eigenvalue weighted by Crippen LogP contribution is 2.25. The maximum absolute atomic E-state index is 13.9. The number of primary amides is 1. The molecule has 1 aromatic rings. The van der Waals surface area contributed by atoms with Gasteiger partial charge in [-0.15, -0.1) is 0 Å². The maximum atomic E-state index is 13.9. The molecule has 1 rings (SSSR count). The van der Waals surface area contributed by atoms with Crippen LogP contribution in [0.1, 0.15) is 84.4 Å². The van der Waals surface area contributed by atoms with E-state index in [9.17, 15) is 19.2 Å². The lowest BCUT2D eigenvalue weighted by Gasteiger charge is -2.35. The summed E-state index contributed by atoms with van der Waals surface area (Å²) in [6, 6.07) is 5.29. The number of carbonyl (C=O) groups excluding carboxylic acids is 4. The van der Waals surface area contributed by atoms with E-state index in [4.69, 9.17) is 10.5 Å². The summed E-state index contributed by atoms with van der Waals surface area (Å²) in [7, 11) is 0. The Hall–Kier alpha value is -3.10. The second-order valence-corrected chi connectivity index (χ2v) is 10.1. The lowest BCUT2D eigenvalue weighted by molar-refractivity contribution is -0.143. The number of amides is 4. The number of hydrogen-bond donors (Lipinski definition) is 3. The molecule has 4 N–H and O–H groups in total. The molecule has 0 aliphatic heterocycles. The fourth-order valence-corrected chi connectivity index (χ4v) is 3.47. The van der Waals surface area contributed by atoms with Crippen molar-refractivity contribution >= 4 is 23.8 Å². The Labute approximate surface area is 209 Å². The zero-order valence-electron chi connectivity index (χ0n) is 22.1. The highest BCUT2D eigenvalue weighted by molar-refractivity contribution is 5.92. The summed E-state index contributed by atoms with van der Waals surface area (Å²) in [6.45, 7) is 13.1. The van der Waals surface area contributed by atoms with Crippen LogP contribution in [0.3, 0.4) is 0 Å². The van der Waals surface area contributed by atoms with Crippen LogP contribution in [0.15, 0.2) is 24.3 Å². The average molecular weight is 491 g/mol. The molecule has 0 saturated heterocycles. The van der Waals surface area contributed by atoms with Crippen molar-refractivity contribution in [1.29, 1.82) is 0 Å². The number of nitrogens with two attached hydrogens (primary N) is 1. The molecule has 0 aliphatic rings. The Morgan fingerprint density at radius 3 is 2.14 bits per heavy atom. The van der Waals surface area contributed by atoms with E-state index in [1.54, 1.807) is 20.8 Å². The van der Waals surface area contributed by atoms with E-state index in [2.05, 4.69) is 10.6 Å². The van der Waals surface area contributed by atoms with Crippen molar-refractivity contribution in [1.82, 2.24) is 15.5 Å². The number of aryl methyl sites for hydroxylation is 1. The molecule has 0 aromatic heterocycles. The van der Waals surface area contributed by atoms with Gasteiger partial charge in [0.15, 0.2) is 0 Å². The topological polar surface area (TPSA) is 131 Å². The van der Waals surface area contributed by atoms with Crippen molar-refractivity contribution in [2.75, 3.05) is 6.54 Å². The minimum Gasteiger partial charge on any atom is -0.444 e. The van der Waals surface area contributed by atoms with Gasteiger partial charge in [-0.2, -0.15) is 0 Å². The fraction of sp³-hybridized carbons (Fsp3) is 0.615. The average Bonchev–Trinajstić information content (AvgIpc) is 2.72. The van der Waals surface area contributed by atoms with Gasteiger partial charge < -0.3 is 26.0 Å². The van der Waals surface area contributed by atoms with Gasteiger partial charge in [-0.3, -0.25) is 14.4 Å². The summed E-state index contributed by atoms with van der Waals surface area (Å²) in [5.74, 6) is -1.39. The molecule has 2 unspecified atom stereocenters. The van der Waals surface area contributed by atoms with E-state index in [1.165, 1.54) is 4.90 Å². The van der Waals surface area contributed by atoms with Crippen molar-refractivity contribution in [2.24, 2.45) is 5.73 Å². The largest absolute Gasteiger partial charge is 0.444 e. The van der Waals surface area contributed by atoms with Crippen LogP contribution >= 0.6 is 0 Å². The summed E-state index contributed by atoms with van der Waals surface area (Å²) < 4.78 is 5.33. The van der Waals surface area contributed by atoms with Gasteiger partial charge in [-0.05, 0) is 59.9 Å². The highest BCUT2D eigenvalue weighted by Gasteiger charge is 2.36. The third kappa shape index (κ3) is 10.8. The number of nitrogens with one attached hydrogen (secondary N) is 2. The number of unbranched alkanes of at least 4 members (excludes halogenated alkanes) is 1. The summed E-state index contributed by atoms with van der Waals surface area (Å²) >= 11 is 0. The van der Waals surface area contributed by atoms with E-state index >= 15 is 0 Å². The first kappa shape index (κ1) is 29.9. The van der Waals surface area contributed by atoms with E-state index in [1.807, 2.05) is 52.0 Å². The molecule has 0 fully saturated rings. The Morgan fingerprint density at radius 2 is 1.66 bits per heavy atom. The second kappa shape index (κ2) is 13.7. The molecule has 35 heavy (non-hydrogen) atoms. The van der Waals surface area contributed by atoms with E-state index in [0.717, 1.165) is 12.0 Å². The van der Waals surface area contributed by atoms with Gasteiger partial charge in [0.05, 0.1) is 0 Å². The van der Waals surface area contributed by atoms with Crippen LogP contribution in [0, 0.1) is 6.92 Å². The number of benzene rings is 1. The third-order valence-electron chi connectivity index (χ3n) is 5.09. The van der Waals surface area contributed by atoms with Crippen LogP contribution in [0.25, 0.3) is 0 Å². The molecule has 0 radical (unpaired) electrons. The molecule has 0 saturated carbocycles. The van der Waals surface area contributed by atoms with Crippen molar-refractivity contribution in [3.05, 3.63) is 35.4 Å². The molecule has 196 valence electrons. The van der Waals surface area contributed by atoms with Gasteiger partial charge in [0, 0.05) is 19.0 Å². The number of ether oxygens (including phenoxy) is 1. The molecule has 0 bridgehead atoms. The zero-order valence-corrected chi connectivity index (χ0v) is 22.1. The molecule has 4 amide bonds. The van der Waals surface area contributed by atoms with Crippen LogP contribution in [-0.4, -0.2) is 52.9 Å². The lowest BCUT2D eigenvalue weighted by atomic mass is 10.00. The SMILES string of the molecule is CCCCN(C(=O)C(CCC(N)=O)NC(=O)OC(C)(C)C)C(C(=O)NC(C)C)c1ccc(C)cc1. The smallest absolute Gasteiger partial charge is 0.408 e. The van der Waals surface area contributed by atoms with Crippen LogP contribution in [0.4, 0.5) is 4.79 Å². The van der Waals surface area contributed by atoms with Crippen LogP contribution in [0.5, 0.6) is 0 Å². The van der Waals surface area contributed by atoms with Crippen molar-refractivity contribution in [2.45, 2.75) is 97.9 Å². The van der Waals surface area contributed by atoms with E-state index in [-0.39, 0.29) is 24.8 Å². The van der Waals surface area contributed by atoms with Crippen LogP contribution < -0.4 is 16.4 Å². The first-order chi connectivity index (χ1) is 16.2. The van der Waals surface area contributed by atoms with Crippen molar-refractivity contribution in [3.8, 4) is 0 Å².